The van der Waals surface area contributed by atoms with Crippen LogP contribution in [0.25, 0.3) is 0 Å². The van der Waals surface area contributed by atoms with Gasteiger partial charge in [0.05, 0.1) is 11.7 Å². The topological polar surface area (TPSA) is 66.5 Å². The van der Waals surface area contributed by atoms with Gasteiger partial charge in [-0.25, -0.2) is 12.7 Å². The van der Waals surface area contributed by atoms with Crippen molar-refractivity contribution < 1.29 is 13.2 Å². The molecule has 1 amide bonds. The molecule has 1 aliphatic heterocycles. The summed E-state index contributed by atoms with van der Waals surface area (Å²) in [5.74, 6) is -0.414. The van der Waals surface area contributed by atoms with Crippen LogP contribution in [0.2, 0.25) is 5.02 Å². The molecule has 1 heterocycles. The van der Waals surface area contributed by atoms with Gasteiger partial charge >= 0.3 is 0 Å². The molecule has 1 aromatic carbocycles. The molecule has 0 unspecified atom stereocenters. The lowest BCUT2D eigenvalue weighted by molar-refractivity contribution is -0.125. The average Bonchev–Trinajstić information content (AvgIpc) is 2.47. The number of hydrogen-bond donors (Lipinski definition) is 1. The van der Waals surface area contributed by atoms with E-state index in [2.05, 4.69) is 5.32 Å². The second-order valence-electron chi connectivity index (χ2n) is 5.48. The van der Waals surface area contributed by atoms with Gasteiger partial charge in [-0.1, -0.05) is 23.7 Å². The third-order valence-corrected chi connectivity index (χ3v) is 5.79. The third-order valence-electron chi connectivity index (χ3n) is 3.74. The van der Waals surface area contributed by atoms with Gasteiger partial charge in [-0.05, 0) is 37.5 Å². The zero-order valence-corrected chi connectivity index (χ0v) is 14.2. The van der Waals surface area contributed by atoms with Crippen LogP contribution in [-0.2, 0) is 20.6 Å². The zero-order chi connectivity index (χ0) is 16.2. The number of benzene rings is 1. The Morgan fingerprint density at radius 3 is 2.91 bits per heavy atom. The molecule has 1 fully saturated rings. The number of piperidine rings is 1. The molecule has 0 saturated carbocycles. The fourth-order valence-electron chi connectivity index (χ4n) is 2.66. The number of hydrogen-bond acceptors (Lipinski definition) is 3. The van der Waals surface area contributed by atoms with Crippen molar-refractivity contribution in [1.29, 1.82) is 0 Å². The Morgan fingerprint density at radius 2 is 2.23 bits per heavy atom. The predicted octanol–water partition coefficient (Wildman–Crippen LogP) is 2.02. The van der Waals surface area contributed by atoms with Gasteiger partial charge in [0.2, 0.25) is 15.9 Å². The lowest BCUT2D eigenvalue weighted by Crippen LogP contribution is -2.45. The molecule has 1 N–H and O–H groups in total. The summed E-state index contributed by atoms with van der Waals surface area (Å²) < 4.78 is 26.5. The first-order chi connectivity index (χ1) is 10.4. The summed E-state index contributed by atoms with van der Waals surface area (Å²) >= 11 is 5.90. The van der Waals surface area contributed by atoms with E-state index in [4.69, 9.17) is 11.6 Å². The van der Waals surface area contributed by atoms with E-state index in [0.29, 0.717) is 30.1 Å². The summed E-state index contributed by atoms with van der Waals surface area (Å²) in [6.07, 6.45) is 1.44. The fourth-order valence-corrected chi connectivity index (χ4v) is 4.47. The fraction of sp³-hybridized carbons (Fsp3) is 0.533. The Kier molecular flexibility index (Phi) is 5.83. The van der Waals surface area contributed by atoms with E-state index in [1.165, 1.54) is 4.31 Å². The van der Waals surface area contributed by atoms with Crippen molar-refractivity contribution in [3.05, 3.63) is 34.9 Å². The van der Waals surface area contributed by atoms with Gasteiger partial charge in [0.15, 0.2) is 0 Å². The van der Waals surface area contributed by atoms with Crippen LogP contribution >= 0.6 is 11.6 Å². The predicted molar refractivity (Wildman–Crippen MR) is 87.1 cm³/mol. The molecule has 1 aliphatic rings. The normalized spacial score (nSPS) is 19.8. The number of amides is 1. The maximum absolute atomic E-state index is 12.5. The van der Waals surface area contributed by atoms with Gasteiger partial charge in [0, 0.05) is 24.7 Å². The first kappa shape index (κ1) is 17.2. The van der Waals surface area contributed by atoms with Crippen LogP contribution in [0.15, 0.2) is 24.3 Å². The second kappa shape index (κ2) is 7.44. The van der Waals surface area contributed by atoms with Crippen LogP contribution in [0.4, 0.5) is 0 Å². The van der Waals surface area contributed by atoms with Crippen LogP contribution in [0.5, 0.6) is 0 Å². The summed E-state index contributed by atoms with van der Waals surface area (Å²) in [7, 11) is -3.44. The van der Waals surface area contributed by atoms with E-state index in [-0.39, 0.29) is 24.1 Å². The minimum atomic E-state index is -3.44. The molecular formula is C15H21ClN2O3S. The van der Waals surface area contributed by atoms with Crippen molar-refractivity contribution in [2.75, 3.05) is 19.6 Å². The highest BCUT2D eigenvalue weighted by atomic mass is 35.5. The highest BCUT2D eigenvalue weighted by Crippen LogP contribution is 2.22. The summed E-state index contributed by atoms with van der Waals surface area (Å²) in [4.78, 5) is 11.9. The largest absolute Gasteiger partial charge is 0.356 e. The smallest absolute Gasteiger partial charge is 0.224 e. The molecule has 1 aromatic rings. The van der Waals surface area contributed by atoms with Crippen molar-refractivity contribution in [2.24, 2.45) is 5.92 Å². The molecule has 22 heavy (non-hydrogen) atoms. The van der Waals surface area contributed by atoms with Crippen molar-refractivity contribution in [2.45, 2.75) is 25.5 Å². The number of rotatable bonds is 5. The lowest BCUT2D eigenvalue weighted by atomic mass is 9.99. The molecule has 5 nitrogen and oxygen atoms in total. The number of carbonyl (C=O) groups excluding carboxylic acids is 1. The Hall–Kier alpha value is -1.11. The van der Waals surface area contributed by atoms with Crippen LogP contribution in [0, 0.1) is 5.92 Å². The van der Waals surface area contributed by atoms with E-state index in [9.17, 15) is 13.2 Å². The maximum atomic E-state index is 12.5. The molecule has 0 bridgehead atoms. The number of nitrogens with one attached hydrogen (secondary N) is 1. The SMILES string of the molecule is CCNC(=O)[C@@H]1CCCN(S(=O)(=O)Cc2cccc(Cl)c2)C1. The summed E-state index contributed by atoms with van der Waals surface area (Å²) in [5.41, 5.74) is 0.660. The summed E-state index contributed by atoms with van der Waals surface area (Å²) in [6.45, 7) is 3.15. The summed E-state index contributed by atoms with van der Waals surface area (Å²) in [5, 5.41) is 3.29. The van der Waals surface area contributed by atoms with Crippen molar-refractivity contribution >= 4 is 27.5 Å². The standard InChI is InChI=1S/C15H21ClN2O3S/c1-2-17-15(19)13-6-4-8-18(10-13)22(20,21)11-12-5-3-7-14(16)9-12/h3,5,7,9,13H,2,4,6,8,10-11H2,1H3,(H,17,19)/t13-/m1/s1. The molecule has 0 aromatic heterocycles. The average molecular weight is 345 g/mol. The molecule has 7 heteroatoms. The molecule has 1 saturated heterocycles. The van der Waals surface area contributed by atoms with Gasteiger partial charge in [0.25, 0.3) is 0 Å². The maximum Gasteiger partial charge on any atom is 0.224 e. The van der Waals surface area contributed by atoms with Gasteiger partial charge in [-0.15, -0.1) is 0 Å². The van der Waals surface area contributed by atoms with E-state index >= 15 is 0 Å². The van der Waals surface area contributed by atoms with Gasteiger partial charge < -0.3 is 5.32 Å². The Morgan fingerprint density at radius 1 is 1.45 bits per heavy atom. The molecular weight excluding hydrogens is 324 g/mol. The van der Waals surface area contributed by atoms with Crippen LogP contribution in [0.3, 0.4) is 0 Å². The minimum Gasteiger partial charge on any atom is -0.356 e. The Bertz CT molecular complexity index is 633. The highest BCUT2D eigenvalue weighted by Gasteiger charge is 2.32. The van der Waals surface area contributed by atoms with E-state index in [1.807, 2.05) is 6.92 Å². The van der Waals surface area contributed by atoms with Crippen LogP contribution in [-0.4, -0.2) is 38.3 Å². The molecule has 0 aliphatic carbocycles. The minimum absolute atomic E-state index is 0.0647. The first-order valence-corrected chi connectivity index (χ1v) is 9.41. The molecule has 122 valence electrons. The van der Waals surface area contributed by atoms with Gasteiger partial charge in [0.1, 0.15) is 0 Å². The molecule has 0 spiro atoms. The van der Waals surface area contributed by atoms with E-state index in [1.54, 1.807) is 24.3 Å². The number of sulfonamides is 1. The molecule has 1 atom stereocenters. The van der Waals surface area contributed by atoms with Crippen molar-refractivity contribution in [3.8, 4) is 0 Å². The highest BCUT2D eigenvalue weighted by molar-refractivity contribution is 7.88. The zero-order valence-electron chi connectivity index (χ0n) is 12.6. The number of carbonyl (C=O) groups is 1. The number of nitrogens with zero attached hydrogens (tertiary/aromatic N) is 1. The molecule has 2 rings (SSSR count). The van der Waals surface area contributed by atoms with Gasteiger partial charge in [-0.3, -0.25) is 4.79 Å². The summed E-state index contributed by atoms with van der Waals surface area (Å²) in [6, 6.07) is 6.85. The van der Waals surface area contributed by atoms with Gasteiger partial charge in [-0.2, -0.15) is 0 Å². The second-order valence-corrected chi connectivity index (χ2v) is 7.88. The van der Waals surface area contributed by atoms with E-state index in [0.717, 1.165) is 6.42 Å². The Balaban J connectivity index is 2.07. The van der Waals surface area contributed by atoms with Crippen LogP contribution in [0.1, 0.15) is 25.3 Å². The third kappa shape index (κ3) is 4.44. The Labute approximate surface area is 136 Å². The molecule has 0 radical (unpaired) electrons. The monoisotopic (exact) mass is 344 g/mol. The van der Waals surface area contributed by atoms with Crippen LogP contribution < -0.4 is 5.32 Å². The number of halogens is 1. The van der Waals surface area contributed by atoms with E-state index < -0.39 is 10.0 Å². The lowest BCUT2D eigenvalue weighted by Gasteiger charge is -2.31. The van der Waals surface area contributed by atoms with Crippen molar-refractivity contribution in [1.82, 2.24) is 9.62 Å². The van der Waals surface area contributed by atoms with Crippen molar-refractivity contribution in [3.63, 3.8) is 0 Å². The quantitative estimate of drug-likeness (QED) is 0.888. The first-order valence-electron chi connectivity index (χ1n) is 7.42.